The largest absolute Gasteiger partial charge is 0.504 e. The number of para-hydroxylation sites is 2. The number of esters is 1. The number of pyridine rings is 1. The average Bonchev–Trinajstić information content (AvgIpc) is 2.61. The lowest BCUT2D eigenvalue weighted by Gasteiger charge is -2.11. The molecule has 0 atom stereocenters. The second kappa shape index (κ2) is 7.38. The first-order valence-corrected chi connectivity index (χ1v) is 7.91. The number of nitrogens with one attached hydrogen (secondary N) is 1. The summed E-state index contributed by atoms with van der Waals surface area (Å²) in [4.78, 5) is 16.8. The van der Waals surface area contributed by atoms with Crippen LogP contribution < -0.4 is 10.1 Å². The number of aromatic nitrogens is 1. The highest BCUT2D eigenvalue weighted by molar-refractivity contribution is 6.35. The third kappa shape index (κ3) is 3.65. The van der Waals surface area contributed by atoms with E-state index in [1.807, 2.05) is 0 Å². The lowest BCUT2D eigenvalue weighted by Crippen LogP contribution is -2.11. The van der Waals surface area contributed by atoms with Crippen LogP contribution in [0.2, 0.25) is 5.02 Å². The number of phenols is 1. The normalized spacial score (nSPS) is 10.6. The van der Waals surface area contributed by atoms with Gasteiger partial charge in [-0.1, -0.05) is 29.8 Å². The van der Waals surface area contributed by atoms with Gasteiger partial charge < -0.3 is 20.3 Å². The van der Waals surface area contributed by atoms with Crippen LogP contribution >= 0.6 is 11.6 Å². The van der Waals surface area contributed by atoms with Crippen molar-refractivity contribution >= 4 is 34.2 Å². The number of carbonyl (C=O) groups excluding carboxylic acids is 1. The molecule has 3 N–H and O–H groups in total. The Labute approximate surface area is 148 Å². The van der Waals surface area contributed by atoms with Crippen LogP contribution in [0.5, 0.6) is 11.5 Å². The van der Waals surface area contributed by atoms with Crippen LogP contribution in [0.1, 0.15) is 10.4 Å². The standard InChI is InChI=1S/C18H15ClN2O4/c19-13-6-5-11-9-12(20-7-8-22)10-21-17(11)16(13)18(24)25-15-4-2-1-3-14(15)23/h1-6,9-10,20,22-23H,7-8H2. The molecule has 128 valence electrons. The van der Waals surface area contributed by atoms with Gasteiger partial charge in [0.15, 0.2) is 11.5 Å². The molecule has 2 aromatic carbocycles. The number of halogens is 1. The van der Waals surface area contributed by atoms with E-state index in [4.69, 9.17) is 21.4 Å². The summed E-state index contributed by atoms with van der Waals surface area (Å²) in [6, 6.07) is 11.3. The molecule has 0 aliphatic rings. The molecule has 0 saturated heterocycles. The van der Waals surface area contributed by atoms with Crippen molar-refractivity contribution in [2.45, 2.75) is 0 Å². The molecule has 3 rings (SSSR count). The quantitative estimate of drug-likeness (QED) is 0.479. The molecule has 7 heteroatoms. The van der Waals surface area contributed by atoms with Gasteiger partial charge in [0.25, 0.3) is 0 Å². The molecule has 1 heterocycles. The first-order valence-electron chi connectivity index (χ1n) is 7.53. The number of aliphatic hydroxyl groups excluding tert-OH is 1. The number of hydrogen-bond donors (Lipinski definition) is 3. The highest BCUT2D eigenvalue weighted by Crippen LogP contribution is 2.30. The predicted octanol–water partition coefficient (Wildman–Crippen LogP) is 3.22. The van der Waals surface area contributed by atoms with E-state index in [9.17, 15) is 9.90 Å². The minimum Gasteiger partial charge on any atom is -0.504 e. The summed E-state index contributed by atoms with van der Waals surface area (Å²) in [6.07, 6.45) is 1.55. The number of ether oxygens (including phenoxy) is 1. The maximum atomic E-state index is 12.6. The van der Waals surface area contributed by atoms with Crippen LogP contribution in [0.15, 0.2) is 48.7 Å². The average molecular weight is 359 g/mol. The molecule has 6 nitrogen and oxygen atoms in total. The van der Waals surface area contributed by atoms with Gasteiger partial charge in [0.05, 0.1) is 29.0 Å². The summed E-state index contributed by atoms with van der Waals surface area (Å²) in [6.45, 7) is 0.389. The lowest BCUT2D eigenvalue weighted by molar-refractivity contribution is 0.0731. The smallest absolute Gasteiger partial charge is 0.347 e. The molecule has 0 saturated carbocycles. The number of fused-ring (bicyclic) bond motifs is 1. The van der Waals surface area contributed by atoms with Crippen LogP contribution in [-0.2, 0) is 0 Å². The van der Waals surface area contributed by atoms with Crippen molar-refractivity contribution in [3.8, 4) is 11.5 Å². The van der Waals surface area contributed by atoms with Gasteiger partial charge in [-0.25, -0.2) is 4.79 Å². The van der Waals surface area contributed by atoms with Crippen molar-refractivity contribution in [1.82, 2.24) is 4.98 Å². The van der Waals surface area contributed by atoms with E-state index >= 15 is 0 Å². The molecule has 25 heavy (non-hydrogen) atoms. The van der Waals surface area contributed by atoms with Crippen molar-refractivity contribution in [1.29, 1.82) is 0 Å². The van der Waals surface area contributed by atoms with Gasteiger partial charge >= 0.3 is 5.97 Å². The second-order valence-electron chi connectivity index (χ2n) is 5.23. The van der Waals surface area contributed by atoms with E-state index in [0.29, 0.717) is 23.1 Å². The minimum atomic E-state index is -0.708. The molecule has 0 aliphatic heterocycles. The fourth-order valence-electron chi connectivity index (χ4n) is 2.36. The Morgan fingerprint density at radius 3 is 2.80 bits per heavy atom. The van der Waals surface area contributed by atoms with Crippen molar-refractivity contribution in [2.24, 2.45) is 0 Å². The van der Waals surface area contributed by atoms with Crippen LogP contribution in [-0.4, -0.2) is 34.3 Å². The van der Waals surface area contributed by atoms with Gasteiger partial charge in [-0.15, -0.1) is 0 Å². The lowest BCUT2D eigenvalue weighted by atomic mass is 10.1. The maximum Gasteiger partial charge on any atom is 0.347 e. The van der Waals surface area contributed by atoms with Gasteiger partial charge in [-0.3, -0.25) is 4.98 Å². The van der Waals surface area contributed by atoms with Crippen molar-refractivity contribution in [3.05, 3.63) is 59.2 Å². The Morgan fingerprint density at radius 1 is 1.24 bits per heavy atom. The highest BCUT2D eigenvalue weighted by atomic mass is 35.5. The number of nitrogens with zero attached hydrogens (tertiary/aromatic N) is 1. The van der Waals surface area contributed by atoms with Gasteiger partial charge in [-0.05, 0) is 24.3 Å². The number of benzene rings is 2. The van der Waals surface area contributed by atoms with Gasteiger partial charge in [0.1, 0.15) is 5.56 Å². The van der Waals surface area contributed by atoms with E-state index in [1.165, 1.54) is 12.1 Å². The summed E-state index contributed by atoms with van der Waals surface area (Å²) in [5, 5.41) is 22.5. The molecule has 1 aromatic heterocycles. The predicted molar refractivity (Wildman–Crippen MR) is 95.4 cm³/mol. The number of carbonyl (C=O) groups is 1. The van der Waals surface area contributed by atoms with E-state index in [-0.39, 0.29) is 28.7 Å². The fraction of sp³-hybridized carbons (Fsp3) is 0.111. The van der Waals surface area contributed by atoms with Crippen LogP contribution in [0.4, 0.5) is 5.69 Å². The molecule has 3 aromatic rings. The van der Waals surface area contributed by atoms with Gasteiger partial charge in [-0.2, -0.15) is 0 Å². The topological polar surface area (TPSA) is 91.7 Å². The molecule has 0 fully saturated rings. The fourth-order valence-corrected chi connectivity index (χ4v) is 2.59. The van der Waals surface area contributed by atoms with E-state index in [1.54, 1.807) is 36.5 Å². The van der Waals surface area contributed by atoms with E-state index < -0.39 is 5.97 Å². The van der Waals surface area contributed by atoms with Crippen molar-refractivity contribution in [2.75, 3.05) is 18.5 Å². The zero-order valence-electron chi connectivity index (χ0n) is 13.1. The van der Waals surface area contributed by atoms with Crippen LogP contribution in [0.25, 0.3) is 10.9 Å². The summed E-state index contributed by atoms with van der Waals surface area (Å²) >= 11 is 6.18. The number of aliphatic hydroxyl groups is 1. The number of rotatable bonds is 5. The molecule has 0 spiro atoms. The molecule has 0 aliphatic carbocycles. The summed E-state index contributed by atoms with van der Waals surface area (Å²) in [7, 11) is 0. The first kappa shape index (κ1) is 17.0. The summed E-state index contributed by atoms with van der Waals surface area (Å²) < 4.78 is 5.25. The van der Waals surface area contributed by atoms with E-state index in [0.717, 1.165) is 0 Å². The van der Waals surface area contributed by atoms with E-state index in [2.05, 4.69) is 10.3 Å². The molecular weight excluding hydrogens is 344 g/mol. The van der Waals surface area contributed by atoms with Crippen molar-refractivity contribution < 1.29 is 19.7 Å². The molecular formula is C18H15ClN2O4. The number of phenolic OH excluding ortho intramolecular Hbond substituents is 1. The Morgan fingerprint density at radius 2 is 2.04 bits per heavy atom. The summed E-state index contributed by atoms with van der Waals surface area (Å²) in [5.41, 5.74) is 1.22. The van der Waals surface area contributed by atoms with Crippen molar-refractivity contribution in [3.63, 3.8) is 0 Å². The zero-order valence-corrected chi connectivity index (χ0v) is 13.8. The Bertz CT molecular complexity index is 930. The second-order valence-corrected chi connectivity index (χ2v) is 5.63. The van der Waals surface area contributed by atoms with Crippen LogP contribution in [0.3, 0.4) is 0 Å². The van der Waals surface area contributed by atoms with Gasteiger partial charge in [0, 0.05) is 11.9 Å². The maximum absolute atomic E-state index is 12.6. The summed E-state index contributed by atoms with van der Waals surface area (Å²) in [5.74, 6) is -0.807. The molecule has 0 amide bonds. The first-order chi connectivity index (χ1) is 12.1. The zero-order chi connectivity index (χ0) is 17.8. The third-order valence-electron chi connectivity index (χ3n) is 3.51. The Kier molecular flexibility index (Phi) is 5.02. The van der Waals surface area contributed by atoms with Gasteiger partial charge in [0.2, 0.25) is 0 Å². The third-order valence-corrected chi connectivity index (χ3v) is 3.83. The molecule has 0 unspecified atom stereocenters. The highest BCUT2D eigenvalue weighted by Gasteiger charge is 2.19. The Balaban J connectivity index is 1.98. The number of aromatic hydroxyl groups is 1. The molecule has 0 bridgehead atoms. The Hall–Kier alpha value is -2.83. The van der Waals surface area contributed by atoms with Crippen LogP contribution in [0, 0.1) is 0 Å². The molecule has 0 radical (unpaired) electrons. The minimum absolute atomic E-state index is 0.00317. The SMILES string of the molecule is O=C(Oc1ccccc1O)c1c(Cl)ccc2cc(NCCO)cnc12. The number of hydrogen-bond acceptors (Lipinski definition) is 6. The monoisotopic (exact) mass is 358 g/mol. The number of anilines is 1.